The lowest BCUT2D eigenvalue weighted by atomic mass is 10.1. The van der Waals surface area contributed by atoms with E-state index in [1.807, 2.05) is 13.8 Å². The zero-order chi connectivity index (χ0) is 30.2. The number of carboxylic acids is 1. The van der Waals surface area contributed by atoms with Crippen molar-refractivity contribution in [1.29, 1.82) is 0 Å². The van der Waals surface area contributed by atoms with Crippen molar-refractivity contribution >= 4 is 62.5 Å². The fourth-order valence-electron chi connectivity index (χ4n) is 3.96. The molecule has 0 aromatic heterocycles. The molecule has 0 saturated carbocycles. The first kappa shape index (κ1) is 30.7. The van der Waals surface area contributed by atoms with Crippen LogP contribution in [-0.4, -0.2) is 52.8 Å². The first-order chi connectivity index (χ1) is 20.2. The minimum atomic E-state index is -1.03. The van der Waals surface area contributed by atoms with Crippen molar-refractivity contribution < 1.29 is 38.5 Å². The van der Waals surface area contributed by atoms with Crippen LogP contribution < -0.4 is 19.5 Å². The van der Waals surface area contributed by atoms with E-state index in [0.29, 0.717) is 51.7 Å². The van der Waals surface area contributed by atoms with E-state index in [1.165, 1.54) is 12.1 Å². The molecule has 0 radical (unpaired) electrons. The Morgan fingerprint density at radius 2 is 1.74 bits per heavy atom. The van der Waals surface area contributed by atoms with E-state index < -0.39 is 29.6 Å². The molecular formula is C30H27BrN2O8S. The molecule has 42 heavy (non-hydrogen) atoms. The lowest BCUT2D eigenvalue weighted by Crippen LogP contribution is -2.36. The van der Waals surface area contributed by atoms with Gasteiger partial charge in [-0.05, 0) is 107 Å². The molecule has 0 unspecified atom stereocenters. The van der Waals surface area contributed by atoms with Crippen molar-refractivity contribution in [3.05, 3.63) is 86.7 Å². The SMILES string of the molecule is CCOc1ccc(NC(=O)CN2C(=O)S/C(=C/c3cc(Br)c(OCc4cccc(C(=O)O)c4)c(OCC)c3)C2=O)cc1. The minimum absolute atomic E-state index is 0.0940. The highest BCUT2D eigenvalue weighted by atomic mass is 79.9. The molecular weight excluding hydrogens is 628 g/mol. The number of carbonyl (C=O) groups excluding carboxylic acids is 3. The van der Waals surface area contributed by atoms with Crippen LogP contribution in [0.15, 0.2) is 70.0 Å². The van der Waals surface area contributed by atoms with E-state index >= 15 is 0 Å². The molecule has 1 fully saturated rings. The number of ether oxygens (including phenoxy) is 3. The topological polar surface area (TPSA) is 131 Å². The number of amides is 3. The van der Waals surface area contributed by atoms with Gasteiger partial charge in [-0.15, -0.1) is 0 Å². The summed E-state index contributed by atoms with van der Waals surface area (Å²) in [6.07, 6.45) is 1.54. The van der Waals surface area contributed by atoms with Crippen molar-refractivity contribution in [2.24, 2.45) is 0 Å². The monoisotopic (exact) mass is 654 g/mol. The van der Waals surface area contributed by atoms with E-state index in [1.54, 1.807) is 54.6 Å². The van der Waals surface area contributed by atoms with Crippen LogP contribution in [0.25, 0.3) is 6.08 Å². The van der Waals surface area contributed by atoms with Crippen molar-refractivity contribution in [2.75, 3.05) is 25.1 Å². The number of anilines is 1. The number of aromatic carboxylic acids is 1. The molecule has 12 heteroatoms. The number of thioether (sulfide) groups is 1. The number of carboxylic acid groups (broad SMARTS) is 1. The molecule has 0 bridgehead atoms. The molecule has 3 aromatic carbocycles. The number of carbonyl (C=O) groups is 4. The lowest BCUT2D eigenvalue weighted by Gasteiger charge is -2.15. The maximum atomic E-state index is 13.0. The maximum Gasteiger partial charge on any atom is 0.335 e. The van der Waals surface area contributed by atoms with Crippen LogP contribution in [0.1, 0.15) is 35.3 Å². The van der Waals surface area contributed by atoms with E-state index in [0.717, 1.165) is 16.7 Å². The van der Waals surface area contributed by atoms with Gasteiger partial charge in [0.15, 0.2) is 11.5 Å². The largest absolute Gasteiger partial charge is 0.494 e. The first-order valence-electron chi connectivity index (χ1n) is 12.9. The molecule has 218 valence electrons. The van der Waals surface area contributed by atoms with Crippen molar-refractivity contribution in [1.82, 2.24) is 4.90 Å². The number of hydrogen-bond acceptors (Lipinski definition) is 8. The summed E-state index contributed by atoms with van der Waals surface area (Å²) in [7, 11) is 0. The summed E-state index contributed by atoms with van der Waals surface area (Å²) in [5.74, 6) is -0.680. The number of imide groups is 1. The van der Waals surface area contributed by atoms with Crippen LogP contribution in [0, 0.1) is 0 Å². The Morgan fingerprint density at radius 3 is 2.43 bits per heavy atom. The Kier molecular flexibility index (Phi) is 10.3. The maximum absolute atomic E-state index is 13.0. The van der Waals surface area contributed by atoms with Gasteiger partial charge in [0.25, 0.3) is 11.1 Å². The fourth-order valence-corrected chi connectivity index (χ4v) is 5.37. The molecule has 1 aliphatic rings. The Bertz CT molecular complexity index is 1540. The summed E-state index contributed by atoms with van der Waals surface area (Å²) >= 11 is 4.23. The molecule has 2 N–H and O–H groups in total. The second-order valence-electron chi connectivity index (χ2n) is 8.83. The van der Waals surface area contributed by atoms with Gasteiger partial charge in [-0.3, -0.25) is 19.3 Å². The molecule has 1 aliphatic heterocycles. The quantitative estimate of drug-likeness (QED) is 0.219. The predicted octanol–water partition coefficient (Wildman–Crippen LogP) is 6.20. The number of nitrogens with zero attached hydrogens (tertiary/aromatic N) is 1. The molecule has 10 nitrogen and oxygen atoms in total. The normalized spacial score (nSPS) is 13.8. The van der Waals surface area contributed by atoms with Gasteiger partial charge in [0.1, 0.15) is 18.9 Å². The molecule has 3 amide bonds. The van der Waals surface area contributed by atoms with E-state index in [9.17, 15) is 24.3 Å². The summed E-state index contributed by atoms with van der Waals surface area (Å²) in [4.78, 5) is 50.5. The summed E-state index contributed by atoms with van der Waals surface area (Å²) in [6, 6.07) is 16.6. The third-order valence-electron chi connectivity index (χ3n) is 5.81. The molecule has 0 aliphatic carbocycles. The average Bonchev–Trinajstić information content (AvgIpc) is 3.21. The third kappa shape index (κ3) is 7.71. The highest BCUT2D eigenvalue weighted by molar-refractivity contribution is 9.10. The second kappa shape index (κ2) is 14.1. The number of rotatable bonds is 12. The van der Waals surface area contributed by atoms with Gasteiger partial charge in [-0.1, -0.05) is 12.1 Å². The molecule has 4 rings (SSSR count). The molecule has 1 saturated heterocycles. The summed E-state index contributed by atoms with van der Waals surface area (Å²) < 4.78 is 17.6. The minimum Gasteiger partial charge on any atom is -0.494 e. The zero-order valence-corrected chi connectivity index (χ0v) is 25.1. The lowest BCUT2D eigenvalue weighted by molar-refractivity contribution is -0.127. The smallest absolute Gasteiger partial charge is 0.335 e. The van der Waals surface area contributed by atoms with Crippen molar-refractivity contribution in [2.45, 2.75) is 20.5 Å². The average molecular weight is 656 g/mol. The van der Waals surface area contributed by atoms with Gasteiger partial charge in [-0.2, -0.15) is 0 Å². The molecule has 0 atom stereocenters. The number of hydrogen-bond donors (Lipinski definition) is 2. The third-order valence-corrected chi connectivity index (χ3v) is 7.31. The fraction of sp³-hybridized carbons (Fsp3) is 0.200. The second-order valence-corrected chi connectivity index (χ2v) is 10.7. The van der Waals surface area contributed by atoms with Crippen LogP contribution in [0.3, 0.4) is 0 Å². The van der Waals surface area contributed by atoms with Gasteiger partial charge in [-0.25, -0.2) is 4.79 Å². The molecule has 1 heterocycles. The Balaban J connectivity index is 1.46. The van der Waals surface area contributed by atoms with Crippen LogP contribution in [0.2, 0.25) is 0 Å². The number of nitrogens with one attached hydrogen (secondary N) is 1. The summed E-state index contributed by atoms with van der Waals surface area (Å²) in [6.45, 7) is 4.20. The summed E-state index contributed by atoms with van der Waals surface area (Å²) in [5.41, 5.74) is 1.89. The summed E-state index contributed by atoms with van der Waals surface area (Å²) in [5, 5.41) is 11.4. The van der Waals surface area contributed by atoms with Crippen LogP contribution >= 0.6 is 27.7 Å². The Morgan fingerprint density at radius 1 is 1.00 bits per heavy atom. The van der Waals surface area contributed by atoms with Gasteiger partial charge in [0.2, 0.25) is 5.91 Å². The van der Waals surface area contributed by atoms with Gasteiger partial charge >= 0.3 is 5.97 Å². The van der Waals surface area contributed by atoms with Crippen molar-refractivity contribution in [3.63, 3.8) is 0 Å². The first-order valence-corrected chi connectivity index (χ1v) is 14.5. The number of benzene rings is 3. The Hall–Kier alpha value is -4.29. The van der Waals surface area contributed by atoms with Gasteiger partial charge in [0, 0.05) is 5.69 Å². The van der Waals surface area contributed by atoms with Gasteiger partial charge in [0.05, 0.1) is 28.2 Å². The molecule has 0 spiro atoms. The van der Waals surface area contributed by atoms with E-state index in [-0.39, 0.29) is 17.1 Å². The highest BCUT2D eigenvalue weighted by Crippen LogP contribution is 2.39. The van der Waals surface area contributed by atoms with Crippen molar-refractivity contribution in [3.8, 4) is 17.2 Å². The van der Waals surface area contributed by atoms with Crippen LogP contribution in [0.5, 0.6) is 17.2 Å². The molecule has 3 aromatic rings. The van der Waals surface area contributed by atoms with Gasteiger partial charge < -0.3 is 24.6 Å². The van der Waals surface area contributed by atoms with Crippen LogP contribution in [-0.2, 0) is 16.2 Å². The van der Waals surface area contributed by atoms with Crippen LogP contribution in [0.4, 0.5) is 10.5 Å². The standard InChI is InChI=1S/C30H27BrN2O8S/c1-3-39-22-10-8-21(9-11-22)32-26(34)16-33-28(35)25(42-30(33)38)15-19-13-23(31)27(24(14-19)40-4-2)41-17-18-6-5-7-20(12-18)29(36)37/h5-15H,3-4,16-17H2,1-2H3,(H,32,34)(H,36,37)/b25-15+. The van der Waals surface area contributed by atoms with E-state index in [2.05, 4.69) is 21.2 Å². The van der Waals surface area contributed by atoms with E-state index in [4.69, 9.17) is 14.2 Å². The Labute approximate surface area is 254 Å². The predicted molar refractivity (Wildman–Crippen MR) is 162 cm³/mol. The zero-order valence-electron chi connectivity index (χ0n) is 22.7. The highest BCUT2D eigenvalue weighted by Gasteiger charge is 2.36. The number of halogens is 1.